The Labute approximate surface area is 199 Å². The number of nitrogens with zero attached hydrogens (tertiary/aromatic N) is 2. The molecule has 0 aromatic heterocycles. The third kappa shape index (κ3) is 4.92. The van der Waals surface area contributed by atoms with Gasteiger partial charge in [-0.15, -0.1) is 0 Å². The van der Waals surface area contributed by atoms with E-state index < -0.39 is 24.0 Å². The van der Waals surface area contributed by atoms with Crippen LogP contribution in [0.5, 0.6) is 0 Å². The highest BCUT2D eigenvalue weighted by atomic mass is 16.5. The molecule has 1 heterocycles. The van der Waals surface area contributed by atoms with Gasteiger partial charge in [0.15, 0.2) is 0 Å². The molecule has 8 heteroatoms. The van der Waals surface area contributed by atoms with Gasteiger partial charge >= 0.3 is 12.1 Å². The minimum Gasteiger partial charge on any atom is -0.480 e. The predicted molar refractivity (Wildman–Crippen MR) is 127 cm³/mol. The highest BCUT2D eigenvalue weighted by Crippen LogP contribution is 2.44. The fraction of sp³-hybridized carbons (Fsp3) is 0.423. The summed E-state index contributed by atoms with van der Waals surface area (Å²) in [5.41, 5.74) is 4.64. The zero-order valence-corrected chi connectivity index (χ0v) is 19.6. The summed E-state index contributed by atoms with van der Waals surface area (Å²) < 4.78 is 5.54. The molecule has 0 saturated carbocycles. The number of aliphatic carboxylic acids is 1. The number of carbonyl (C=O) groups is 3. The first-order chi connectivity index (χ1) is 16.4. The second kappa shape index (κ2) is 10.3. The van der Waals surface area contributed by atoms with Crippen molar-refractivity contribution in [3.8, 4) is 11.1 Å². The second-order valence-electron chi connectivity index (χ2n) is 8.98. The van der Waals surface area contributed by atoms with E-state index >= 15 is 0 Å². The molecule has 1 aliphatic carbocycles. The molecule has 34 heavy (non-hydrogen) atoms. The SMILES string of the molecule is CC(CNC(=O)OCC1c2ccccc2-c2ccccc21)C(=O)N1CCN(C(C)C(=O)O)CC1. The highest BCUT2D eigenvalue weighted by Gasteiger charge is 2.30. The molecular formula is C26H31N3O5. The van der Waals surface area contributed by atoms with Crippen LogP contribution < -0.4 is 5.32 Å². The Kier molecular flexibility index (Phi) is 7.17. The third-order valence-electron chi connectivity index (χ3n) is 6.85. The van der Waals surface area contributed by atoms with Crippen LogP contribution in [0.1, 0.15) is 30.9 Å². The minimum atomic E-state index is -0.861. The van der Waals surface area contributed by atoms with Crippen LogP contribution in [-0.2, 0) is 14.3 Å². The maximum Gasteiger partial charge on any atom is 0.407 e. The Bertz CT molecular complexity index is 1020. The number of hydrogen-bond acceptors (Lipinski definition) is 5. The van der Waals surface area contributed by atoms with E-state index in [9.17, 15) is 14.4 Å². The van der Waals surface area contributed by atoms with Crippen LogP contribution in [0.4, 0.5) is 4.79 Å². The van der Waals surface area contributed by atoms with Crippen LogP contribution in [0.25, 0.3) is 11.1 Å². The van der Waals surface area contributed by atoms with E-state index in [0.29, 0.717) is 26.2 Å². The van der Waals surface area contributed by atoms with Crippen LogP contribution in [0.15, 0.2) is 48.5 Å². The summed E-state index contributed by atoms with van der Waals surface area (Å²) in [7, 11) is 0. The van der Waals surface area contributed by atoms with Gasteiger partial charge in [0.25, 0.3) is 0 Å². The van der Waals surface area contributed by atoms with Gasteiger partial charge in [-0.2, -0.15) is 0 Å². The van der Waals surface area contributed by atoms with E-state index in [1.807, 2.05) is 29.2 Å². The van der Waals surface area contributed by atoms with Gasteiger partial charge < -0.3 is 20.1 Å². The van der Waals surface area contributed by atoms with Crippen molar-refractivity contribution in [3.63, 3.8) is 0 Å². The molecule has 8 nitrogen and oxygen atoms in total. The van der Waals surface area contributed by atoms with Gasteiger partial charge in [0, 0.05) is 38.6 Å². The fourth-order valence-electron chi connectivity index (χ4n) is 4.77. The van der Waals surface area contributed by atoms with E-state index in [1.165, 1.54) is 11.1 Å². The summed E-state index contributed by atoms with van der Waals surface area (Å²) in [5.74, 6) is -1.33. The first kappa shape index (κ1) is 23.8. The molecule has 2 amide bonds. The van der Waals surface area contributed by atoms with Gasteiger partial charge in [-0.05, 0) is 29.2 Å². The van der Waals surface area contributed by atoms with Gasteiger partial charge in [0.2, 0.25) is 5.91 Å². The molecule has 1 saturated heterocycles. The van der Waals surface area contributed by atoms with Crippen LogP contribution in [0.3, 0.4) is 0 Å². The van der Waals surface area contributed by atoms with Gasteiger partial charge in [-0.3, -0.25) is 14.5 Å². The smallest absolute Gasteiger partial charge is 0.407 e. The largest absolute Gasteiger partial charge is 0.480 e. The van der Waals surface area contributed by atoms with Crippen molar-refractivity contribution in [3.05, 3.63) is 59.7 Å². The summed E-state index contributed by atoms with van der Waals surface area (Å²) in [6.45, 7) is 5.83. The average molecular weight is 466 g/mol. The molecule has 180 valence electrons. The first-order valence-electron chi connectivity index (χ1n) is 11.7. The molecule has 1 aliphatic heterocycles. The number of piperazine rings is 1. The zero-order valence-electron chi connectivity index (χ0n) is 19.6. The Balaban J connectivity index is 1.25. The Morgan fingerprint density at radius 3 is 2.09 bits per heavy atom. The second-order valence-corrected chi connectivity index (χ2v) is 8.98. The number of alkyl carbamates (subject to hydrolysis) is 1. The summed E-state index contributed by atoms with van der Waals surface area (Å²) in [6.07, 6.45) is -0.540. The number of hydrogen-bond donors (Lipinski definition) is 2. The molecule has 0 radical (unpaired) electrons. The number of carboxylic acids is 1. The van der Waals surface area contributed by atoms with E-state index in [4.69, 9.17) is 9.84 Å². The maximum absolute atomic E-state index is 12.8. The molecule has 2 aromatic rings. The lowest BCUT2D eigenvalue weighted by Crippen LogP contribution is -2.54. The van der Waals surface area contributed by atoms with E-state index in [2.05, 4.69) is 29.6 Å². The molecular weight excluding hydrogens is 434 g/mol. The predicted octanol–water partition coefficient (Wildman–Crippen LogP) is 2.78. The highest BCUT2D eigenvalue weighted by molar-refractivity contribution is 5.80. The third-order valence-corrected chi connectivity index (χ3v) is 6.85. The number of benzene rings is 2. The van der Waals surface area contributed by atoms with Crippen molar-refractivity contribution in [2.45, 2.75) is 25.8 Å². The van der Waals surface area contributed by atoms with Crippen molar-refractivity contribution >= 4 is 18.0 Å². The first-order valence-corrected chi connectivity index (χ1v) is 11.7. The number of amides is 2. The van der Waals surface area contributed by atoms with E-state index in [1.54, 1.807) is 18.7 Å². The van der Waals surface area contributed by atoms with E-state index in [0.717, 1.165) is 11.1 Å². The summed E-state index contributed by atoms with van der Waals surface area (Å²) in [5, 5.41) is 11.9. The molecule has 1 fully saturated rings. The maximum atomic E-state index is 12.8. The van der Waals surface area contributed by atoms with Crippen LogP contribution in [-0.4, -0.2) is 78.2 Å². The number of nitrogens with one attached hydrogen (secondary N) is 1. The van der Waals surface area contributed by atoms with Gasteiger partial charge in [0.1, 0.15) is 12.6 Å². The normalized spacial score (nSPS) is 17.4. The molecule has 2 unspecified atom stereocenters. The summed E-state index contributed by atoms with van der Waals surface area (Å²) >= 11 is 0. The number of carbonyl (C=O) groups excluding carboxylic acids is 2. The molecule has 2 aliphatic rings. The van der Waals surface area contributed by atoms with Crippen molar-refractivity contribution in [2.75, 3.05) is 39.3 Å². The number of ether oxygens (including phenoxy) is 1. The van der Waals surface area contributed by atoms with Crippen molar-refractivity contribution in [1.82, 2.24) is 15.1 Å². The zero-order chi connectivity index (χ0) is 24.2. The van der Waals surface area contributed by atoms with Crippen LogP contribution >= 0.6 is 0 Å². The Morgan fingerprint density at radius 2 is 1.53 bits per heavy atom. The van der Waals surface area contributed by atoms with E-state index in [-0.39, 0.29) is 25.0 Å². The Hall–Kier alpha value is -3.39. The number of fused-ring (bicyclic) bond motifs is 3. The van der Waals surface area contributed by atoms with Crippen molar-refractivity contribution in [1.29, 1.82) is 0 Å². The standard InChI is InChI=1S/C26H31N3O5/c1-17(24(30)29-13-11-28(12-14-29)18(2)25(31)32)15-27-26(33)34-16-23-21-9-5-3-7-19(21)20-8-4-6-10-22(20)23/h3-10,17-18,23H,11-16H2,1-2H3,(H,27,33)(H,31,32). The van der Waals surface area contributed by atoms with Gasteiger partial charge in [-0.25, -0.2) is 4.79 Å². The molecule has 2 aromatic carbocycles. The molecule has 4 rings (SSSR count). The van der Waals surface area contributed by atoms with Gasteiger partial charge in [0.05, 0.1) is 5.92 Å². The van der Waals surface area contributed by atoms with Crippen molar-refractivity contribution in [2.24, 2.45) is 5.92 Å². The van der Waals surface area contributed by atoms with Crippen molar-refractivity contribution < 1.29 is 24.2 Å². The fourth-order valence-corrected chi connectivity index (χ4v) is 4.77. The number of carboxylic acid groups (broad SMARTS) is 1. The van der Waals surface area contributed by atoms with Gasteiger partial charge in [-0.1, -0.05) is 55.5 Å². The van der Waals surface area contributed by atoms with Crippen LogP contribution in [0.2, 0.25) is 0 Å². The molecule has 2 atom stereocenters. The summed E-state index contributed by atoms with van der Waals surface area (Å²) in [6, 6.07) is 15.8. The van der Waals surface area contributed by atoms with Crippen LogP contribution in [0, 0.1) is 5.92 Å². The lowest BCUT2D eigenvalue weighted by molar-refractivity contribution is -0.144. The lowest BCUT2D eigenvalue weighted by Gasteiger charge is -2.37. The average Bonchev–Trinajstić information content (AvgIpc) is 3.18. The molecule has 0 bridgehead atoms. The lowest BCUT2D eigenvalue weighted by atomic mass is 9.98. The topological polar surface area (TPSA) is 99.2 Å². The molecule has 0 spiro atoms. The minimum absolute atomic E-state index is 0.0123. The quantitative estimate of drug-likeness (QED) is 0.653. The Morgan fingerprint density at radius 1 is 0.971 bits per heavy atom. The monoisotopic (exact) mass is 465 g/mol. The molecule has 2 N–H and O–H groups in total. The summed E-state index contributed by atoms with van der Waals surface area (Å²) in [4.78, 5) is 39.9. The number of rotatable bonds is 7.